The summed E-state index contributed by atoms with van der Waals surface area (Å²) in [6.07, 6.45) is -4.44. The van der Waals surface area contributed by atoms with Crippen molar-refractivity contribution < 1.29 is 22.8 Å². The van der Waals surface area contributed by atoms with Crippen molar-refractivity contribution in [1.82, 2.24) is 10.6 Å². The summed E-state index contributed by atoms with van der Waals surface area (Å²) in [5.74, 6) is -0.902. The van der Waals surface area contributed by atoms with Crippen LogP contribution in [0.15, 0.2) is 65.4 Å². The monoisotopic (exact) mass is 418 g/mol. The molecule has 0 saturated carbocycles. The second kappa shape index (κ2) is 8.91. The molecule has 1 aromatic heterocycles. The summed E-state index contributed by atoms with van der Waals surface area (Å²) >= 11 is 1.55. The first-order valence-electron chi connectivity index (χ1n) is 8.66. The van der Waals surface area contributed by atoms with E-state index in [1.54, 1.807) is 29.5 Å². The molecule has 4 nitrogen and oxygen atoms in total. The fraction of sp³-hybridized carbons (Fsp3) is 0.143. The number of halogens is 3. The molecule has 2 N–H and O–H groups in total. The number of alkyl halides is 3. The van der Waals surface area contributed by atoms with Gasteiger partial charge in [0.05, 0.1) is 12.1 Å². The molecule has 2 aromatic carbocycles. The Kier molecular flexibility index (Phi) is 6.33. The number of amides is 2. The molecule has 0 spiro atoms. The van der Waals surface area contributed by atoms with Gasteiger partial charge in [-0.1, -0.05) is 24.3 Å². The van der Waals surface area contributed by atoms with Gasteiger partial charge in [-0.25, -0.2) is 0 Å². The van der Waals surface area contributed by atoms with Gasteiger partial charge in [0.25, 0.3) is 5.91 Å². The molecule has 3 aromatic rings. The summed E-state index contributed by atoms with van der Waals surface area (Å²) in [4.78, 5) is 24.2. The van der Waals surface area contributed by atoms with Crippen LogP contribution in [0.5, 0.6) is 0 Å². The second-order valence-electron chi connectivity index (χ2n) is 6.25. The van der Waals surface area contributed by atoms with Gasteiger partial charge >= 0.3 is 6.18 Å². The number of hydrogen-bond donors (Lipinski definition) is 2. The van der Waals surface area contributed by atoms with Crippen molar-refractivity contribution >= 4 is 23.2 Å². The molecule has 0 bridgehead atoms. The Morgan fingerprint density at radius 3 is 2.45 bits per heavy atom. The van der Waals surface area contributed by atoms with E-state index in [1.807, 2.05) is 22.9 Å². The number of carbonyl (C=O) groups is 2. The summed E-state index contributed by atoms with van der Waals surface area (Å²) in [6.45, 7) is -0.341. The Morgan fingerprint density at radius 1 is 0.931 bits per heavy atom. The normalized spacial score (nSPS) is 11.1. The van der Waals surface area contributed by atoms with Crippen LogP contribution in [0.4, 0.5) is 13.2 Å². The lowest BCUT2D eigenvalue weighted by Crippen LogP contribution is -2.36. The van der Waals surface area contributed by atoms with Crippen LogP contribution in [0.2, 0.25) is 0 Å². The van der Waals surface area contributed by atoms with E-state index in [2.05, 4.69) is 10.6 Å². The molecule has 2 amide bonds. The molecule has 29 heavy (non-hydrogen) atoms. The van der Waals surface area contributed by atoms with Crippen molar-refractivity contribution in [3.05, 3.63) is 82.0 Å². The smallest absolute Gasteiger partial charge is 0.350 e. The Bertz CT molecular complexity index is 1000. The number of carbonyl (C=O) groups excluding carboxylic acids is 2. The molecule has 1 heterocycles. The van der Waals surface area contributed by atoms with Crippen molar-refractivity contribution in [3.8, 4) is 11.1 Å². The summed E-state index contributed by atoms with van der Waals surface area (Å²) in [7, 11) is 0. The quantitative estimate of drug-likeness (QED) is 0.620. The third-order valence-corrected chi connectivity index (χ3v) is 4.82. The van der Waals surface area contributed by atoms with Crippen molar-refractivity contribution in [3.63, 3.8) is 0 Å². The van der Waals surface area contributed by atoms with E-state index in [4.69, 9.17) is 0 Å². The van der Waals surface area contributed by atoms with Gasteiger partial charge < -0.3 is 10.6 Å². The predicted octanol–water partition coefficient (Wildman–Crippen LogP) is 4.48. The second-order valence-corrected chi connectivity index (χ2v) is 7.03. The predicted molar refractivity (Wildman–Crippen MR) is 105 cm³/mol. The number of rotatable bonds is 6. The van der Waals surface area contributed by atoms with E-state index < -0.39 is 23.6 Å². The molecular formula is C21H17F3N2O2S. The molecule has 0 aliphatic carbocycles. The number of hydrogen-bond acceptors (Lipinski definition) is 3. The topological polar surface area (TPSA) is 58.2 Å². The van der Waals surface area contributed by atoms with Gasteiger partial charge in [0.15, 0.2) is 0 Å². The molecule has 0 fully saturated rings. The van der Waals surface area contributed by atoms with Crippen LogP contribution >= 0.6 is 11.3 Å². The highest BCUT2D eigenvalue weighted by atomic mass is 32.1. The summed E-state index contributed by atoms with van der Waals surface area (Å²) in [5.41, 5.74) is 1.86. The minimum atomic E-state index is -4.44. The van der Waals surface area contributed by atoms with Crippen molar-refractivity contribution in [2.75, 3.05) is 6.54 Å². The van der Waals surface area contributed by atoms with Crippen molar-refractivity contribution in [2.45, 2.75) is 12.7 Å². The Hall–Kier alpha value is -3.13. The highest BCUT2D eigenvalue weighted by molar-refractivity contribution is 7.08. The summed E-state index contributed by atoms with van der Waals surface area (Å²) in [6, 6.07) is 13.7. The van der Waals surface area contributed by atoms with Gasteiger partial charge in [-0.2, -0.15) is 24.5 Å². The van der Waals surface area contributed by atoms with Crippen molar-refractivity contribution in [2.24, 2.45) is 0 Å². The third-order valence-electron chi connectivity index (χ3n) is 4.13. The molecule has 0 unspecified atom stereocenters. The largest absolute Gasteiger partial charge is 0.416 e. The zero-order chi connectivity index (χ0) is 20.9. The van der Waals surface area contributed by atoms with Crippen LogP contribution in [-0.2, 0) is 17.5 Å². The Labute approximate surface area is 169 Å². The van der Waals surface area contributed by atoms with Crippen LogP contribution in [-0.4, -0.2) is 18.4 Å². The maximum absolute atomic E-state index is 12.7. The maximum Gasteiger partial charge on any atom is 0.416 e. The van der Waals surface area contributed by atoms with E-state index in [0.29, 0.717) is 11.1 Å². The average Bonchev–Trinajstić information content (AvgIpc) is 3.25. The first-order chi connectivity index (χ1) is 13.8. The molecule has 8 heteroatoms. The standard InChI is InChI=1S/C21H17F3N2O2S/c22-21(23,24)18-6-1-3-14(9-18)11-25-19(27)12-26-20(28)16-5-2-4-15(10-16)17-7-8-29-13-17/h1-10,13H,11-12H2,(H,25,27)(H,26,28). The van der Waals surface area contributed by atoms with E-state index in [-0.39, 0.29) is 13.1 Å². The fourth-order valence-corrected chi connectivity index (χ4v) is 3.32. The SMILES string of the molecule is O=C(CNC(=O)c1cccc(-c2ccsc2)c1)NCc1cccc(C(F)(F)F)c1. The first kappa shape index (κ1) is 20.6. The molecule has 0 atom stereocenters. The lowest BCUT2D eigenvalue weighted by molar-refractivity contribution is -0.137. The fourth-order valence-electron chi connectivity index (χ4n) is 2.65. The minimum Gasteiger partial charge on any atom is -0.350 e. The van der Waals surface area contributed by atoms with Gasteiger partial charge in [-0.05, 0) is 57.8 Å². The van der Waals surface area contributed by atoms with E-state index >= 15 is 0 Å². The molecule has 0 saturated heterocycles. The zero-order valence-corrected chi connectivity index (χ0v) is 15.9. The van der Waals surface area contributed by atoms with Gasteiger partial charge in [0.2, 0.25) is 5.91 Å². The van der Waals surface area contributed by atoms with E-state index in [9.17, 15) is 22.8 Å². The van der Waals surface area contributed by atoms with Gasteiger partial charge in [-0.3, -0.25) is 9.59 Å². The van der Waals surface area contributed by atoms with Gasteiger partial charge in [0, 0.05) is 12.1 Å². The first-order valence-corrected chi connectivity index (χ1v) is 9.61. The van der Waals surface area contributed by atoms with Crippen LogP contribution < -0.4 is 10.6 Å². The number of thiophene rings is 1. The number of nitrogens with one attached hydrogen (secondary N) is 2. The highest BCUT2D eigenvalue weighted by Crippen LogP contribution is 2.29. The van der Waals surface area contributed by atoms with E-state index in [1.165, 1.54) is 12.1 Å². The minimum absolute atomic E-state index is 0.0632. The summed E-state index contributed by atoms with van der Waals surface area (Å²) < 4.78 is 38.2. The lowest BCUT2D eigenvalue weighted by Gasteiger charge is -2.10. The third kappa shape index (κ3) is 5.68. The molecular weight excluding hydrogens is 401 g/mol. The van der Waals surface area contributed by atoms with Crippen LogP contribution in [0.1, 0.15) is 21.5 Å². The van der Waals surface area contributed by atoms with Gasteiger partial charge in [0.1, 0.15) is 0 Å². The molecule has 0 radical (unpaired) electrons. The van der Waals surface area contributed by atoms with Gasteiger partial charge in [-0.15, -0.1) is 0 Å². The Morgan fingerprint density at radius 2 is 1.72 bits per heavy atom. The number of benzene rings is 2. The molecule has 0 aliphatic heterocycles. The van der Waals surface area contributed by atoms with Crippen molar-refractivity contribution in [1.29, 1.82) is 0 Å². The van der Waals surface area contributed by atoms with Crippen LogP contribution in [0.3, 0.4) is 0 Å². The zero-order valence-electron chi connectivity index (χ0n) is 15.1. The highest BCUT2D eigenvalue weighted by Gasteiger charge is 2.30. The lowest BCUT2D eigenvalue weighted by atomic mass is 10.1. The Balaban J connectivity index is 1.52. The molecule has 0 aliphatic rings. The van der Waals surface area contributed by atoms with Crippen LogP contribution in [0.25, 0.3) is 11.1 Å². The maximum atomic E-state index is 12.7. The molecule has 150 valence electrons. The molecule has 3 rings (SSSR count). The van der Waals surface area contributed by atoms with E-state index in [0.717, 1.165) is 23.3 Å². The average molecular weight is 418 g/mol. The van der Waals surface area contributed by atoms with Crippen LogP contribution in [0, 0.1) is 0 Å². The summed E-state index contributed by atoms with van der Waals surface area (Å²) in [5, 5.41) is 8.93.